The Morgan fingerprint density at radius 1 is 0.938 bits per heavy atom. The zero-order chi connectivity index (χ0) is 23.6. The molecule has 0 aliphatic heterocycles. The summed E-state index contributed by atoms with van der Waals surface area (Å²) in [4.78, 5) is 2.05. The van der Waals surface area contributed by atoms with Gasteiger partial charge < -0.3 is 0 Å². The predicted molar refractivity (Wildman–Crippen MR) is 111 cm³/mol. The van der Waals surface area contributed by atoms with Gasteiger partial charge in [0.25, 0.3) is 0 Å². The van der Waals surface area contributed by atoms with Gasteiger partial charge in [-0.2, -0.15) is 8.78 Å². The maximum absolute atomic E-state index is 14.2. The first kappa shape index (κ1) is 24.2. The fraction of sp³-hybridized carbons (Fsp3) is 0.150. The third kappa shape index (κ3) is 5.12. The molecular weight excluding hydrogens is 489 g/mol. The molecule has 0 saturated carbocycles. The molecule has 0 bridgehead atoms. The molecule has 32 heavy (non-hydrogen) atoms. The summed E-state index contributed by atoms with van der Waals surface area (Å²) in [5.41, 5.74) is -0.793. The van der Waals surface area contributed by atoms with Crippen LogP contribution in [0.3, 0.4) is 0 Å². The minimum Gasteiger partial charge on any atom is -0.244 e. The van der Waals surface area contributed by atoms with Crippen molar-refractivity contribution in [3.8, 4) is 0 Å². The van der Waals surface area contributed by atoms with Gasteiger partial charge in [0, 0.05) is 18.3 Å². The van der Waals surface area contributed by atoms with Gasteiger partial charge in [0.2, 0.25) is 19.9 Å². The second kappa shape index (κ2) is 9.18. The Morgan fingerprint density at radius 2 is 1.62 bits per heavy atom. The van der Waals surface area contributed by atoms with Gasteiger partial charge >= 0.3 is 5.92 Å². The molecule has 2 aromatic carbocycles. The molecule has 0 saturated heterocycles. The quantitative estimate of drug-likeness (QED) is 0.466. The van der Waals surface area contributed by atoms with Crippen molar-refractivity contribution in [2.45, 2.75) is 27.2 Å². The van der Waals surface area contributed by atoms with Crippen LogP contribution in [0, 0.1) is 0 Å². The highest BCUT2D eigenvalue weighted by Crippen LogP contribution is 2.35. The number of alkyl halides is 3. The minimum atomic E-state index is -4.68. The summed E-state index contributed by atoms with van der Waals surface area (Å²) in [6.07, 6.45) is 1.28. The van der Waals surface area contributed by atoms with Crippen LogP contribution in [0.2, 0.25) is 5.15 Å². The third-order valence-corrected chi connectivity index (χ3v) is 7.86. The Kier molecular flexibility index (Phi) is 6.94. The lowest BCUT2D eigenvalue weighted by molar-refractivity contribution is -0.0307. The Bertz CT molecular complexity index is 1320. The predicted octanol–water partition coefficient (Wildman–Crippen LogP) is 4.11. The molecule has 3 rings (SSSR count). The van der Waals surface area contributed by atoms with Crippen LogP contribution in [0.4, 0.5) is 13.2 Å². The number of aromatic nitrogens is 1. The van der Waals surface area contributed by atoms with Crippen molar-refractivity contribution in [3.63, 3.8) is 0 Å². The Balaban J connectivity index is 2.08. The summed E-state index contributed by atoms with van der Waals surface area (Å²) in [6.45, 7) is -2.51. The number of sulfonamides is 1. The molecule has 1 aromatic heterocycles. The molecule has 0 fully saturated rings. The van der Waals surface area contributed by atoms with E-state index in [1.54, 1.807) is 6.07 Å². The van der Waals surface area contributed by atoms with Gasteiger partial charge in [0.05, 0.1) is 14.7 Å². The molecule has 0 spiro atoms. The van der Waals surface area contributed by atoms with Crippen LogP contribution in [-0.4, -0.2) is 28.5 Å². The van der Waals surface area contributed by atoms with Crippen LogP contribution >= 0.6 is 11.6 Å². The second-order valence-corrected chi connectivity index (χ2v) is 10.7. The lowest BCUT2D eigenvalue weighted by Gasteiger charge is -2.19. The molecular formula is C20H16ClF3N2O4S2. The standard InChI is InChI=1S/C20H16ClF3N2O4S2/c21-19-9-6-14(11-25-19)12-26-32(29,30)18-10-16(7-8-17(18)20(23,24)13-22)31(27,28)15-4-2-1-3-5-15/h1-11,26H,12-13H2. The topological polar surface area (TPSA) is 93.2 Å². The number of hydrogen-bond donors (Lipinski definition) is 1. The number of nitrogens with one attached hydrogen (secondary N) is 1. The molecule has 0 unspecified atom stereocenters. The van der Waals surface area contributed by atoms with E-state index in [0.29, 0.717) is 17.7 Å². The second-order valence-electron chi connectivity index (χ2n) is 6.63. The minimum absolute atomic E-state index is 0.159. The van der Waals surface area contributed by atoms with Crippen molar-refractivity contribution in [2.75, 3.05) is 6.67 Å². The van der Waals surface area contributed by atoms with Crippen LogP contribution in [0.15, 0.2) is 81.5 Å². The maximum Gasteiger partial charge on any atom is 0.302 e. The van der Waals surface area contributed by atoms with Gasteiger partial charge in [-0.05, 0) is 35.9 Å². The first-order chi connectivity index (χ1) is 15.0. The number of sulfone groups is 1. The Hall–Kier alpha value is -2.47. The number of benzene rings is 2. The molecule has 0 radical (unpaired) electrons. The third-order valence-electron chi connectivity index (χ3n) is 4.42. The molecule has 0 aliphatic carbocycles. The number of rotatable bonds is 8. The fourth-order valence-electron chi connectivity index (χ4n) is 2.77. The van der Waals surface area contributed by atoms with E-state index in [1.807, 2.05) is 0 Å². The van der Waals surface area contributed by atoms with Crippen LogP contribution in [0.5, 0.6) is 0 Å². The molecule has 0 atom stereocenters. The number of pyridine rings is 1. The van der Waals surface area contributed by atoms with Crippen LogP contribution in [-0.2, 0) is 32.3 Å². The van der Waals surface area contributed by atoms with Gasteiger partial charge in [0.15, 0.2) is 6.67 Å². The average Bonchev–Trinajstić information content (AvgIpc) is 2.79. The molecule has 6 nitrogen and oxygen atoms in total. The number of nitrogens with zero attached hydrogens (tertiary/aromatic N) is 1. The van der Waals surface area contributed by atoms with E-state index in [9.17, 15) is 30.0 Å². The van der Waals surface area contributed by atoms with E-state index in [-0.39, 0.29) is 16.6 Å². The smallest absolute Gasteiger partial charge is 0.244 e. The molecule has 0 amide bonds. The summed E-state index contributed by atoms with van der Waals surface area (Å²) in [5, 5.41) is 0.167. The largest absolute Gasteiger partial charge is 0.302 e. The first-order valence-electron chi connectivity index (χ1n) is 8.96. The first-order valence-corrected chi connectivity index (χ1v) is 12.3. The molecule has 3 aromatic rings. The van der Waals surface area contributed by atoms with Crippen LogP contribution in [0.1, 0.15) is 11.1 Å². The molecule has 170 valence electrons. The maximum atomic E-state index is 14.2. The monoisotopic (exact) mass is 504 g/mol. The van der Waals surface area contributed by atoms with Gasteiger partial charge in [-0.25, -0.2) is 30.9 Å². The Labute approximate surface area is 188 Å². The van der Waals surface area contributed by atoms with E-state index in [2.05, 4.69) is 9.71 Å². The van der Waals surface area contributed by atoms with E-state index < -0.39 is 47.8 Å². The summed E-state index contributed by atoms with van der Waals surface area (Å²) in [7, 11) is -8.90. The fourth-order valence-corrected chi connectivity index (χ4v) is 5.56. The normalized spacial score (nSPS) is 12.6. The van der Waals surface area contributed by atoms with E-state index in [1.165, 1.54) is 42.6 Å². The van der Waals surface area contributed by atoms with Gasteiger partial charge in [0.1, 0.15) is 5.15 Å². The van der Waals surface area contributed by atoms with Gasteiger partial charge in [-0.15, -0.1) is 0 Å². The highest BCUT2D eigenvalue weighted by molar-refractivity contribution is 7.91. The molecule has 12 heteroatoms. The zero-order valence-electron chi connectivity index (χ0n) is 16.2. The number of hydrogen-bond acceptors (Lipinski definition) is 5. The Morgan fingerprint density at radius 3 is 2.22 bits per heavy atom. The molecule has 0 aliphatic rings. The lowest BCUT2D eigenvalue weighted by atomic mass is 10.1. The van der Waals surface area contributed by atoms with E-state index in [4.69, 9.17) is 11.6 Å². The van der Waals surface area contributed by atoms with E-state index >= 15 is 0 Å². The van der Waals surface area contributed by atoms with Crippen molar-refractivity contribution in [2.24, 2.45) is 0 Å². The van der Waals surface area contributed by atoms with Gasteiger partial charge in [-0.3, -0.25) is 0 Å². The van der Waals surface area contributed by atoms with Crippen molar-refractivity contribution in [1.82, 2.24) is 9.71 Å². The van der Waals surface area contributed by atoms with Crippen molar-refractivity contribution in [3.05, 3.63) is 83.1 Å². The molecule has 1 N–H and O–H groups in total. The van der Waals surface area contributed by atoms with Crippen molar-refractivity contribution >= 4 is 31.5 Å². The average molecular weight is 505 g/mol. The number of halogens is 4. The van der Waals surface area contributed by atoms with Crippen LogP contribution < -0.4 is 4.72 Å². The summed E-state index contributed by atoms with van der Waals surface area (Å²) in [6, 6.07) is 11.9. The van der Waals surface area contributed by atoms with Gasteiger partial charge in [-0.1, -0.05) is 41.9 Å². The van der Waals surface area contributed by atoms with Crippen molar-refractivity contribution < 1.29 is 30.0 Å². The van der Waals surface area contributed by atoms with E-state index in [0.717, 1.165) is 6.07 Å². The zero-order valence-corrected chi connectivity index (χ0v) is 18.6. The summed E-state index contributed by atoms with van der Waals surface area (Å²) < 4.78 is 94.9. The SMILES string of the molecule is O=S(=O)(NCc1ccc(Cl)nc1)c1cc(S(=O)(=O)c2ccccc2)ccc1C(F)(F)CF. The highest BCUT2D eigenvalue weighted by Gasteiger charge is 2.38. The van der Waals surface area contributed by atoms with Crippen molar-refractivity contribution in [1.29, 1.82) is 0 Å². The lowest BCUT2D eigenvalue weighted by Crippen LogP contribution is -2.28. The molecule has 1 heterocycles. The van der Waals surface area contributed by atoms with Crippen LogP contribution in [0.25, 0.3) is 0 Å². The highest BCUT2D eigenvalue weighted by atomic mass is 35.5. The summed E-state index contributed by atoms with van der Waals surface area (Å²) in [5.74, 6) is -4.15. The summed E-state index contributed by atoms with van der Waals surface area (Å²) >= 11 is 5.67.